The van der Waals surface area contributed by atoms with Crippen LogP contribution in [-0.2, 0) is 29.0 Å². The Kier molecular flexibility index (Phi) is 9.04. The molecule has 2 amide bonds. The Morgan fingerprint density at radius 2 is 1.62 bits per heavy atom. The number of hydrogen-bond donors (Lipinski definition) is 1. The highest BCUT2D eigenvalue weighted by molar-refractivity contribution is 6.30. The van der Waals surface area contributed by atoms with Crippen LogP contribution in [0.3, 0.4) is 0 Å². The molecule has 0 spiro atoms. The second-order valence-electron chi connectivity index (χ2n) is 10.3. The van der Waals surface area contributed by atoms with Gasteiger partial charge in [-0.3, -0.25) is 9.59 Å². The molecular weight excluding hydrogens is 512 g/mol. The lowest BCUT2D eigenvalue weighted by molar-refractivity contribution is -0.141. The number of carbonyl (C=O) groups is 2. The van der Waals surface area contributed by atoms with Gasteiger partial charge in [-0.1, -0.05) is 73.0 Å². The van der Waals surface area contributed by atoms with Crippen LogP contribution in [0, 0.1) is 0 Å². The van der Waals surface area contributed by atoms with Crippen LogP contribution in [0.5, 0.6) is 11.5 Å². The quantitative estimate of drug-likeness (QED) is 0.352. The second-order valence-corrected chi connectivity index (χ2v) is 10.8. The van der Waals surface area contributed by atoms with Crippen molar-refractivity contribution in [3.05, 3.63) is 94.5 Å². The van der Waals surface area contributed by atoms with Crippen molar-refractivity contribution >= 4 is 23.4 Å². The van der Waals surface area contributed by atoms with Crippen LogP contribution < -0.4 is 14.8 Å². The van der Waals surface area contributed by atoms with Crippen LogP contribution >= 0.6 is 11.6 Å². The summed E-state index contributed by atoms with van der Waals surface area (Å²) >= 11 is 6.29. The van der Waals surface area contributed by atoms with Gasteiger partial charge in [0.2, 0.25) is 11.8 Å². The highest BCUT2D eigenvalue weighted by atomic mass is 35.5. The fourth-order valence-corrected chi connectivity index (χ4v) is 5.60. The van der Waals surface area contributed by atoms with E-state index in [0.29, 0.717) is 43.4 Å². The van der Waals surface area contributed by atoms with Crippen molar-refractivity contribution < 1.29 is 19.1 Å². The van der Waals surface area contributed by atoms with E-state index in [1.807, 2.05) is 72.8 Å². The number of aryl methyl sites for hydroxylation is 1. The van der Waals surface area contributed by atoms with Crippen LogP contribution in [0.4, 0.5) is 0 Å². The summed E-state index contributed by atoms with van der Waals surface area (Å²) in [6, 6.07) is 22.7. The molecule has 1 aliphatic heterocycles. The molecular formula is C32H35ClN2O4. The van der Waals surface area contributed by atoms with Crippen LogP contribution in [0.2, 0.25) is 5.02 Å². The molecule has 3 aromatic carbocycles. The molecule has 1 fully saturated rings. The predicted molar refractivity (Wildman–Crippen MR) is 152 cm³/mol. The maximum absolute atomic E-state index is 13.9. The zero-order chi connectivity index (χ0) is 27.0. The van der Waals surface area contributed by atoms with E-state index < -0.39 is 6.04 Å². The molecule has 204 valence electrons. The van der Waals surface area contributed by atoms with Crippen molar-refractivity contribution in [1.82, 2.24) is 10.2 Å². The number of rotatable bonds is 10. The van der Waals surface area contributed by atoms with Crippen molar-refractivity contribution in [2.75, 3.05) is 13.2 Å². The maximum Gasteiger partial charge on any atom is 0.243 e. The van der Waals surface area contributed by atoms with Gasteiger partial charge in [0.05, 0.1) is 0 Å². The Labute approximate surface area is 235 Å². The summed E-state index contributed by atoms with van der Waals surface area (Å²) in [4.78, 5) is 29.4. The van der Waals surface area contributed by atoms with E-state index in [1.54, 1.807) is 4.90 Å². The fourth-order valence-electron chi connectivity index (χ4n) is 5.39. The summed E-state index contributed by atoms with van der Waals surface area (Å²) < 4.78 is 11.4. The Bertz CT molecular complexity index is 1280. The van der Waals surface area contributed by atoms with Crippen molar-refractivity contribution in [3.8, 4) is 11.5 Å². The Balaban J connectivity index is 1.39. The molecule has 2 aliphatic rings. The van der Waals surface area contributed by atoms with Gasteiger partial charge < -0.3 is 19.7 Å². The maximum atomic E-state index is 13.9. The van der Waals surface area contributed by atoms with Crippen molar-refractivity contribution in [1.29, 1.82) is 0 Å². The van der Waals surface area contributed by atoms with E-state index in [1.165, 1.54) is 0 Å². The number of hydrogen-bond acceptors (Lipinski definition) is 4. The number of amides is 2. The third-order valence-electron chi connectivity index (χ3n) is 7.45. The van der Waals surface area contributed by atoms with E-state index in [-0.39, 0.29) is 24.3 Å². The van der Waals surface area contributed by atoms with E-state index in [2.05, 4.69) is 5.32 Å². The summed E-state index contributed by atoms with van der Waals surface area (Å²) in [6.07, 6.45) is 5.44. The average Bonchev–Trinajstić information content (AvgIpc) is 3.47. The molecule has 7 heteroatoms. The van der Waals surface area contributed by atoms with Gasteiger partial charge in [0, 0.05) is 30.5 Å². The largest absolute Gasteiger partial charge is 0.486 e. The number of ether oxygens (including phenoxy) is 2. The number of nitrogens with zero attached hydrogens (tertiary/aromatic N) is 1. The Hall–Kier alpha value is -3.51. The summed E-state index contributed by atoms with van der Waals surface area (Å²) in [5, 5.41) is 3.85. The van der Waals surface area contributed by atoms with Crippen LogP contribution in [0.15, 0.2) is 72.8 Å². The molecule has 0 aromatic heterocycles. The van der Waals surface area contributed by atoms with Gasteiger partial charge in [0.25, 0.3) is 0 Å². The molecule has 6 nitrogen and oxygen atoms in total. The highest BCUT2D eigenvalue weighted by Gasteiger charge is 2.32. The van der Waals surface area contributed by atoms with E-state index in [0.717, 1.165) is 48.1 Å². The van der Waals surface area contributed by atoms with Gasteiger partial charge in [-0.25, -0.2) is 0 Å². The lowest BCUT2D eigenvalue weighted by Gasteiger charge is -2.32. The molecule has 1 saturated carbocycles. The molecule has 0 radical (unpaired) electrons. The third-order valence-corrected chi connectivity index (χ3v) is 7.68. The first kappa shape index (κ1) is 27.1. The molecule has 1 atom stereocenters. The molecule has 3 aromatic rings. The van der Waals surface area contributed by atoms with Gasteiger partial charge in [0.15, 0.2) is 11.5 Å². The van der Waals surface area contributed by atoms with Gasteiger partial charge in [-0.2, -0.15) is 0 Å². The molecule has 1 aliphatic carbocycles. The predicted octanol–water partition coefficient (Wildman–Crippen LogP) is 5.74. The minimum atomic E-state index is -0.639. The molecule has 0 unspecified atom stereocenters. The molecule has 1 N–H and O–H groups in total. The van der Waals surface area contributed by atoms with Crippen LogP contribution in [0.1, 0.15) is 48.8 Å². The van der Waals surface area contributed by atoms with Crippen molar-refractivity contribution in [2.24, 2.45) is 0 Å². The van der Waals surface area contributed by atoms with E-state index in [9.17, 15) is 9.59 Å². The Morgan fingerprint density at radius 1 is 0.872 bits per heavy atom. The molecule has 0 saturated heterocycles. The normalized spacial score (nSPS) is 15.5. The lowest BCUT2D eigenvalue weighted by Crippen LogP contribution is -2.52. The number of fused-ring (bicyclic) bond motifs is 1. The summed E-state index contributed by atoms with van der Waals surface area (Å²) in [6.45, 7) is 1.35. The number of carbonyl (C=O) groups excluding carboxylic acids is 2. The molecule has 5 rings (SSSR count). The van der Waals surface area contributed by atoms with Gasteiger partial charge in [0.1, 0.15) is 19.3 Å². The van der Waals surface area contributed by atoms with Gasteiger partial charge >= 0.3 is 0 Å². The third kappa shape index (κ3) is 7.33. The molecule has 1 heterocycles. The second kappa shape index (κ2) is 13.0. The van der Waals surface area contributed by atoms with Crippen LogP contribution in [-0.4, -0.2) is 42.0 Å². The zero-order valence-electron chi connectivity index (χ0n) is 22.1. The van der Waals surface area contributed by atoms with E-state index >= 15 is 0 Å². The molecule has 39 heavy (non-hydrogen) atoms. The number of nitrogens with one attached hydrogen (secondary N) is 1. The van der Waals surface area contributed by atoms with Crippen molar-refractivity contribution in [3.63, 3.8) is 0 Å². The number of benzene rings is 3. The first-order valence-electron chi connectivity index (χ1n) is 13.8. The van der Waals surface area contributed by atoms with Crippen molar-refractivity contribution in [2.45, 2.75) is 63.6 Å². The lowest BCUT2D eigenvalue weighted by atomic mass is 10.0. The van der Waals surface area contributed by atoms with E-state index in [4.69, 9.17) is 21.1 Å². The first-order chi connectivity index (χ1) is 19.0. The zero-order valence-corrected chi connectivity index (χ0v) is 22.9. The number of halogens is 1. The monoisotopic (exact) mass is 546 g/mol. The minimum absolute atomic E-state index is 0.0765. The minimum Gasteiger partial charge on any atom is -0.486 e. The SMILES string of the molecule is O=C(NC1CCCC1)[C@@H](Cc1ccccc1)N(Cc1cccc(Cl)c1)C(=O)CCc1ccc2c(c1)OCCO2. The molecule has 0 bridgehead atoms. The summed E-state index contributed by atoms with van der Waals surface area (Å²) in [7, 11) is 0. The van der Waals surface area contributed by atoms with Crippen LogP contribution in [0.25, 0.3) is 0 Å². The van der Waals surface area contributed by atoms with Gasteiger partial charge in [-0.05, 0) is 60.2 Å². The van der Waals surface area contributed by atoms with Gasteiger partial charge in [-0.15, -0.1) is 0 Å². The Morgan fingerprint density at radius 3 is 2.38 bits per heavy atom. The average molecular weight is 547 g/mol. The summed E-state index contributed by atoms with van der Waals surface area (Å²) in [5.41, 5.74) is 2.90. The smallest absolute Gasteiger partial charge is 0.243 e. The summed E-state index contributed by atoms with van der Waals surface area (Å²) in [5.74, 6) is 1.26. The topological polar surface area (TPSA) is 67.9 Å². The standard InChI is InChI=1S/C32H35ClN2O4/c33-26-10-6-9-25(19-26)22-35(31(36)16-14-24-13-15-29-30(21-24)39-18-17-38-29)28(20-23-7-2-1-3-8-23)32(37)34-27-11-4-5-12-27/h1-3,6-10,13,15,19,21,27-28H,4-5,11-12,14,16-18,20,22H2,(H,34,37)/t28-/m1/s1. The highest BCUT2D eigenvalue weighted by Crippen LogP contribution is 2.31. The first-order valence-corrected chi connectivity index (χ1v) is 14.2. The fraction of sp³-hybridized carbons (Fsp3) is 0.375.